The number of aromatic amines is 1. The second-order valence-electron chi connectivity index (χ2n) is 8.72. The quantitative estimate of drug-likeness (QED) is 0.448. The van der Waals surface area contributed by atoms with Gasteiger partial charge >= 0.3 is 6.01 Å². The van der Waals surface area contributed by atoms with E-state index in [1.165, 1.54) is 12.1 Å². The number of aryl methyl sites for hydroxylation is 1. The van der Waals surface area contributed by atoms with Crippen LogP contribution in [0.4, 0.5) is 15.9 Å². The normalized spacial score (nSPS) is 19.2. The van der Waals surface area contributed by atoms with Gasteiger partial charge in [0.05, 0.1) is 29.0 Å². The predicted molar refractivity (Wildman–Crippen MR) is 120 cm³/mol. The van der Waals surface area contributed by atoms with Gasteiger partial charge in [0.1, 0.15) is 23.1 Å². The zero-order valence-corrected chi connectivity index (χ0v) is 17.8. The Hall–Kier alpha value is -3.53. The van der Waals surface area contributed by atoms with Gasteiger partial charge in [0.2, 0.25) is 0 Å². The first-order valence-electron chi connectivity index (χ1n) is 10.6. The molecule has 4 heterocycles. The molecule has 10 heteroatoms. The first-order valence-corrected chi connectivity index (χ1v) is 10.6. The lowest BCUT2D eigenvalue weighted by atomic mass is 10.0. The summed E-state index contributed by atoms with van der Waals surface area (Å²) < 4.78 is 20.3. The summed E-state index contributed by atoms with van der Waals surface area (Å²) in [6, 6.07) is 3.22. The summed E-state index contributed by atoms with van der Waals surface area (Å²) in [5, 5.41) is 4.53. The Morgan fingerprint density at radius 1 is 1.25 bits per heavy atom. The monoisotopic (exact) mass is 434 g/mol. The topological polar surface area (TPSA) is 118 Å². The second kappa shape index (κ2) is 6.73. The number of H-pyrrole nitrogens is 1. The molecule has 4 N–H and O–H groups in total. The van der Waals surface area contributed by atoms with Crippen LogP contribution in [0.25, 0.3) is 21.9 Å². The van der Waals surface area contributed by atoms with E-state index in [1.807, 2.05) is 0 Å². The van der Waals surface area contributed by atoms with E-state index in [2.05, 4.69) is 30.2 Å². The lowest BCUT2D eigenvalue weighted by Crippen LogP contribution is -2.30. The van der Waals surface area contributed by atoms with E-state index < -0.39 is 0 Å². The zero-order chi connectivity index (χ0) is 22.0. The fraction of sp³-hybridized carbons (Fsp3) is 0.364. The summed E-state index contributed by atoms with van der Waals surface area (Å²) in [6.07, 6.45) is 5.41. The van der Waals surface area contributed by atoms with Crippen molar-refractivity contribution < 1.29 is 9.13 Å². The average molecular weight is 434 g/mol. The highest BCUT2D eigenvalue weighted by Gasteiger charge is 2.54. The van der Waals surface area contributed by atoms with E-state index in [1.54, 1.807) is 26.4 Å². The molecule has 2 fully saturated rings. The summed E-state index contributed by atoms with van der Waals surface area (Å²) in [4.78, 5) is 23.2. The van der Waals surface area contributed by atoms with Crippen molar-refractivity contribution in [2.45, 2.75) is 25.8 Å². The number of benzene rings is 1. The Labute approximate surface area is 183 Å². The molecule has 4 aromatic rings. The zero-order valence-electron chi connectivity index (χ0n) is 17.8. The Bertz CT molecular complexity index is 1350. The molecule has 0 radical (unpaired) electrons. The van der Waals surface area contributed by atoms with E-state index in [4.69, 9.17) is 15.5 Å². The van der Waals surface area contributed by atoms with Gasteiger partial charge in [-0.25, -0.2) is 14.4 Å². The molecule has 0 amide bonds. The van der Waals surface area contributed by atoms with E-state index in [-0.39, 0.29) is 23.3 Å². The lowest BCUT2D eigenvalue weighted by Gasteiger charge is -2.19. The minimum Gasteiger partial charge on any atom is -0.421 e. The van der Waals surface area contributed by atoms with Crippen molar-refractivity contribution in [3.8, 4) is 11.8 Å². The molecule has 3 aromatic heterocycles. The molecule has 164 valence electrons. The van der Waals surface area contributed by atoms with Crippen LogP contribution >= 0.6 is 0 Å². The predicted octanol–water partition coefficient (Wildman–Crippen LogP) is 3.11. The highest BCUT2D eigenvalue weighted by molar-refractivity contribution is 6.14. The van der Waals surface area contributed by atoms with Gasteiger partial charge < -0.3 is 25.7 Å². The minimum absolute atomic E-state index is 0.0807. The molecule has 1 aliphatic carbocycles. The van der Waals surface area contributed by atoms with Crippen LogP contribution in [0.2, 0.25) is 0 Å². The van der Waals surface area contributed by atoms with Gasteiger partial charge in [0.25, 0.3) is 0 Å². The third-order valence-electron chi connectivity index (χ3n) is 6.62. The van der Waals surface area contributed by atoms with Crippen molar-refractivity contribution in [3.05, 3.63) is 36.2 Å². The number of hydrogen-bond acceptors (Lipinski definition) is 8. The van der Waals surface area contributed by atoms with Crippen LogP contribution in [-0.4, -0.2) is 51.1 Å². The summed E-state index contributed by atoms with van der Waals surface area (Å²) in [5.41, 5.74) is 8.60. The van der Waals surface area contributed by atoms with Crippen molar-refractivity contribution in [3.63, 3.8) is 0 Å². The van der Waals surface area contributed by atoms with Crippen molar-refractivity contribution >= 4 is 33.4 Å². The van der Waals surface area contributed by atoms with Gasteiger partial charge in [-0.1, -0.05) is 0 Å². The fourth-order valence-corrected chi connectivity index (χ4v) is 4.68. The molecule has 6 rings (SSSR count). The first-order chi connectivity index (χ1) is 15.5. The van der Waals surface area contributed by atoms with Crippen LogP contribution in [0.1, 0.15) is 18.7 Å². The van der Waals surface area contributed by atoms with Crippen molar-refractivity contribution in [1.29, 1.82) is 0 Å². The molecule has 1 saturated heterocycles. The number of hydrogen-bond donors (Lipinski definition) is 3. The number of ether oxygens (including phenoxy) is 1. The van der Waals surface area contributed by atoms with E-state index in [0.717, 1.165) is 35.7 Å². The van der Waals surface area contributed by atoms with E-state index in [9.17, 15) is 4.39 Å². The third kappa shape index (κ3) is 2.94. The summed E-state index contributed by atoms with van der Waals surface area (Å²) in [7, 11) is 1.76. The lowest BCUT2D eigenvalue weighted by molar-refractivity contribution is 0.439. The van der Waals surface area contributed by atoms with Crippen molar-refractivity contribution in [2.75, 3.05) is 30.4 Å². The number of fused-ring (bicyclic) bond motifs is 3. The van der Waals surface area contributed by atoms with Gasteiger partial charge in [0.15, 0.2) is 5.75 Å². The molecule has 1 aliphatic heterocycles. The molecule has 32 heavy (non-hydrogen) atoms. The third-order valence-corrected chi connectivity index (χ3v) is 6.62. The number of nitrogens with one attached hydrogen (secondary N) is 2. The Morgan fingerprint density at radius 2 is 2.03 bits per heavy atom. The molecule has 0 bridgehead atoms. The van der Waals surface area contributed by atoms with Gasteiger partial charge in [-0.15, -0.1) is 0 Å². The molecule has 1 aromatic carbocycles. The molecule has 1 saturated carbocycles. The average Bonchev–Trinajstić information content (AvgIpc) is 3.36. The van der Waals surface area contributed by atoms with Gasteiger partial charge in [-0.05, 0) is 31.9 Å². The number of rotatable bonds is 4. The SMILES string of the molecule is CNc1cc(F)cc2c1[nH]c1nc(Oc3cnc(C)nc3)nc(N3CC(N)C4(CC4)C3)c12. The van der Waals surface area contributed by atoms with E-state index >= 15 is 0 Å². The molecule has 1 atom stereocenters. The maximum atomic E-state index is 14.4. The largest absolute Gasteiger partial charge is 0.421 e. The van der Waals surface area contributed by atoms with E-state index in [0.29, 0.717) is 35.3 Å². The number of halogens is 1. The highest BCUT2D eigenvalue weighted by atomic mass is 19.1. The number of anilines is 2. The van der Waals surface area contributed by atoms with Gasteiger partial charge in [-0.2, -0.15) is 9.97 Å². The fourth-order valence-electron chi connectivity index (χ4n) is 4.68. The van der Waals surface area contributed by atoms with Crippen LogP contribution in [-0.2, 0) is 0 Å². The standard InChI is InChI=1S/C22H23FN8O/c1-11-26-7-13(8-27-11)32-21-29-19-17(14-5-12(23)6-15(25-2)18(14)28-19)20(30-21)31-9-16(24)22(10-31)3-4-22/h5-8,16,25H,3-4,9-10,24H2,1-2H3,(H,28,29,30). The summed E-state index contributed by atoms with van der Waals surface area (Å²) >= 11 is 0. The summed E-state index contributed by atoms with van der Waals surface area (Å²) in [6.45, 7) is 3.30. The maximum Gasteiger partial charge on any atom is 0.326 e. The van der Waals surface area contributed by atoms with Crippen molar-refractivity contribution in [2.24, 2.45) is 11.1 Å². The molecule has 9 nitrogen and oxygen atoms in total. The number of nitrogens with two attached hydrogens (primary N) is 1. The van der Waals surface area contributed by atoms with Crippen LogP contribution in [0.15, 0.2) is 24.5 Å². The van der Waals surface area contributed by atoms with Crippen LogP contribution < -0.4 is 20.7 Å². The van der Waals surface area contributed by atoms with Gasteiger partial charge in [0, 0.05) is 37.0 Å². The number of nitrogens with zero attached hydrogens (tertiary/aromatic N) is 5. The maximum absolute atomic E-state index is 14.4. The molecule has 2 aliphatic rings. The second-order valence-corrected chi connectivity index (χ2v) is 8.72. The number of aromatic nitrogens is 5. The van der Waals surface area contributed by atoms with Crippen LogP contribution in [0, 0.1) is 18.2 Å². The summed E-state index contributed by atoms with van der Waals surface area (Å²) in [5.74, 6) is 1.45. The first kappa shape index (κ1) is 19.2. The van der Waals surface area contributed by atoms with Gasteiger partial charge in [-0.3, -0.25) is 0 Å². The Kier molecular flexibility index (Phi) is 4.03. The molecular formula is C22H23FN8O. The molecule has 1 unspecified atom stereocenters. The molecular weight excluding hydrogens is 411 g/mol. The highest BCUT2D eigenvalue weighted by Crippen LogP contribution is 2.53. The van der Waals surface area contributed by atoms with Crippen LogP contribution in [0.5, 0.6) is 11.8 Å². The van der Waals surface area contributed by atoms with Crippen molar-refractivity contribution in [1.82, 2.24) is 24.9 Å². The minimum atomic E-state index is -0.331. The smallest absolute Gasteiger partial charge is 0.326 e. The molecule has 1 spiro atoms. The van der Waals surface area contributed by atoms with Crippen LogP contribution in [0.3, 0.4) is 0 Å². The Balaban J connectivity index is 1.54. The Morgan fingerprint density at radius 3 is 2.72 bits per heavy atom.